The Kier molecular flexibility index (Phi) is 3.08. The first-order valence-corrected chi connectivity index (χ1v) is 6.75. The summed E-state index contributed by atoms with van der Waals surface area (Å²) in [6.45, 7) is 0.736. The molecule has 1 aromatic rings. The molecule has 1 aliphatic carbocycles. The molecule has 2 heterocycles. The molecule has 0 radical (unpaired) electrons. The van der Waals surface area contributed by atoms with Gasteiger partial charge in [0.05, 0.1) is 5.56 Å². The van der Waals surface area contributed by atoms with Gasteiger partial charge in [-0.25, -0.2) is 4.98 Å². The molecule has 5 nitrogen and oxygen atoms in total. The lowest BCUT2D eigenvalue weighted by atomic mass is 10.1. The van der Waals surface area contributed by atoms with Crippen molar-refractivity contribution in [2.24, 2.45) is 0 Å². The molecule has 0 bridgehead atoms. The van der Waals surface area contributed by atoms with E-state index >= 15 is 0 Å². The van der Waals surface area contributed by atoms with Gasteiger partial charge in [0.25, 0.3) is 0 Å². The zero-order valence-corrected chi connectivity index (χ0v) is 10.7. The van der Waals surface area contributed by atoms with E-state index in [9.17, 15) is 10.1 Å². The maximum absolute atomic E-state index is 11.7. The molecule has 1 saturated heterocycles. The van der Waals surface area contributed by atoms with E-state index < -0.39 is 0 Å². The maximum atomic E-state index is 11.7. The van der Waals surface area contributed by atoms with E-state index in [0.717, 1.165) is 44.3 Å². The van der Waals surface area contributed by atoms with Crippen LogP contribution in [0.3, 0.4) is 0 Å². The van der Waals surface area contributed by atoms with Crippen molar-refractivity contribution in [1.29, 1.82) is 5.26 Å². The SMILES string of the molecule is N#Cc1cc2c(nc1NC1CCCNC1=O)CCC2. The fourth-order valence-electron chi connectivity index (χ4n) is 2.74. The summed E-state index contributed by atoms with van der Waals surface area (Å²) in [4.78, 5) is 16.3. The van der Waals surface area contributed by atoms with Crippen molar-refractivity contribution < 1.29 is 4.79 Å². The number of anilines is 1. The molecule has 0 saturated carbocycles. The van der Waals surface area contributed by atoms with E-state index in [1.165, 1.54) is 5.56 Å². The Balaban J connectivity index is 1.88. The first kappa shape index (κ1) is 12.0. The highest BCUT2D eigenvalue weighted by Gasteiger charge is 2.24. The van der Waals surface area contributed by atoms with Crippen LogP contribution < -0.4 is 10.6 Å². The fourth-order valence-corrected chi connectivity index (χ4v) is 2.74. The summed E-state index contributed by atoms with van der Waals surface area (Å²) < 4.78 is 0. The Morgan fingerprint density at radius 2 is 2.32 bits per heavy atom. The van der Waals surface area contributed by atoms with Gasteiger partial charge in [-0.3, -0.25) is 4.79 Å². The van der Waals surface area contributed by atoms with Crippen molar-refractivity contribution in [3.8, 4) is 6.07 Å². The molecule has 3 rings (SSSR count). The molecule has 1 aromatic heterocycles. The van der Waals surface area contributed by atoms with Gasteiger partial charge < -0.3 is 10.6 Å². The molecule has 19 heavy (non-hydrogen) atoms. The van der Waals surface area contributed by atoms with Crippen molar-refractivity contribution in [2.45, 2.75) is 38.1 Å². The van der Waals surface area contributed by atoms with Crippen LogP contribution in [0.1, 0.15) is 36.1 Å². The number of aromatic nitrogens is 1. The van der Waals surface area contributed by atoms with E-state index in [0.29, 0.717) is 11.4 Å². The predicted octanol–water partition coefficient (Wildman–Crippen LogP) is 1.13. The number of fused-ring (bicyclic) bond motifs is 1. The van der Waals surface area contributed by atoms with Gasteiger partial charge in [-0.2, -0.15) is 5.26 Å². The van der Waals surface area contributed by atoms with Crippen LogP contribution in [-0.2, 0) is 17.6 Å². The van der Waals surface area contributed by atoms with Gasteiger partial charge in [-0.05, 0) is 43.7 Å². The van der Waals surface area contributed by atoms with Crippen molar-refractivity contribution in [2.75, 3.05) is 11.9 Å². The molecular formula is C14H16N4O. The van der Waals surface area contributed by atoms with Crippen LogP contribution in [0, 0.1) is 11.3 Å². The number of amides is 1. The molecule has 2 aliphatic rings. The second-order valence-corrected chi connectivity index (χ2v) is 5.09. The molecule has 2 N–H and O–H groups in total. The monoisotopic (exact) mass is 256 g/mol. The minimum absolute atomic E-state index is 0.00237. The molecular weight excluding hydrogens is 240 g/mol. The first-order valence-electron chi connectivity index (χ1n) is 6.75. The van der Waals surface area contributed by atoms with E-state index in [2.05, 4.69) is 21.7 Å². The Labute approximate surface area is 112 Å². The highest BCUT2D eigenvalue weighted by molar-refractivity contribution is 5.85. The standard InChI is InChI=1S/C14H16N4O/c15-8-10-7-9-3-1-4-11(9)17-13(10)18-12-5-2-6-16-14(12)19/h7,12H,1-6H2,(H,16,19)(H,17,18). The summed E-state index contributed by atoms with van der Waals surface area (Å²) in [7, 11) is 0. The molecule has 1 atom stereocenters. The lowest BCUT2D eigenvalue weighted by Gasteiger charge is -2.23. The van der Waals surface area contributed by atoms with Crippen molar-refractivity contribution in [3.05, 3.63) is 22.9 Å². The molecule has 5 heteroatoms. The van der Waals surface area contributed by atoms with Gasteiger partial charge in [0.1, 0.15) is 17.9 Å². The summed E-state index contributed by atoms with van der Waals surface area (Å²) in [5, 5.41) is 15.2. The third-order valence-electron chi connectivity index (χ3n) is 3.77. The van der Waals surface area contributed by atoms with Crippen molar-refractivity contribution in [3.63, 3.8) is 0 Å². The third-order valence-corrected chi connectivity index (χ3v) is 3.77. The number of piperidine rings is 1. The number of nitrogens with zero attached hydrogens (tertiary/aromatic N) is 2. The van der Waals surface area contributed by atoms with E-state index in [-0.39, 0.29) is 11.9 Å². The summed E-state index contributed by atoms with van der Waals surface area (Å²) in [5.74, 6) is 0.558. The molecule has 0 aromatic carbocycles. The van der Waals surface area contributed by atoms with Crippen LogP contribution in [-0.4, -0.2) is 23.5 Å². The predicted molar refractivity (Wildman–Crippen MR) is 70.6 cm³/mol. The van der Waals surface area contributed by atoms with Gasteiger partial charge in [-0.1, -0.05) is 0 Å². The number of carbonyl (C=O) groups excluding carboxylic acids is 1. The highest BCUT2D eigenvalue weighted by Crippen LogP contribution is 2.25. The number of pyridine rings is 1. The maximum Gasteiger partial charge on any atom is 0.242 e. The largest absolute Gasteiger partial charge is 0.357 e. The minimum atomic E-state index is -0.271. The minimum Gasteiger partial charge on any atom is -0.357 e. The Morgan fingerprint density at radius 1 is 1.42 bits per heavy atom. The number of carbonyl (C=O) groups is 1. The summed E-state index contributed by atoms with van der Waals surface area (Å²) in [5.41, 5.74) is 2.78. The van der Waals surface area contributed by atoms with Gasteiger partial charge >= 0.3 is 0 Å². The van der Waals surface area contributed by atoms with Crippen LogP contribution in [0.4, 0.5) is 5.82 Å². The van der Waals surface area contributed by atoms with E-state index in [1.54, 1.807) is 0 Å². The van der Waals surface area contributed by atoms with Gasteiger partial charge in [0.2, 0.25) is 5.91 Å². The van der Waals surface area contributed by atoms with Gasteiger partial charge in [-0.15, -0.1) is 0 Å². The second kappa shape index (κ2) is 4.88. The van der Waals surface area contributed by atoms with E-state index in [4.69, 9.17) is 0 Å². The summed E-state index contributed by atoms with van der Waals surface area (Å²) in [6, 6.07) is 3.82. The van der Waals surface area contributed by atoms with Crippen LogP contribution in [0.15, 0.2) is 6.07 Å². The van der Waals surface area contributed by atoms with Crippen LogP contribution in [0.5, 0.6) is 0 Å². The average Bonchev–Trinajstić information content (AvgIpc) is 2.87. The number of nitriles is 1. The van der Waals surface area contributed by atoms with Crippen LogP contribution in [0.25, 0.3) is 0 Å². The van der Waals surface area contributed by atoms with Crippen LogP contribution in [0.2, 0.25) is 0 Å². The zero-order valence-electron chi connectivity index (χ0n) is 10.7. The molecule has 1 fully saturated rings. The quantitative estimate of drug-likeness (QED) is 0.831. The van der Waals surface area contributed by atoms with Crippen molar-refractivity contribution >= 4 is 11.7 Å². The zero-order chi connectivity index (χ0) is 13.2. The lowest BCUT2D eigenvalue weighted by molar-refractivity contribution is -0.123. The number of aryl methyl sites for hydroxylation is 2. The molecule has 98 valence electrons. The molecule has 1 aliphatic heterocycles. The average molecular weight is 256 g/mol. The topological polar surface area (TPSA) is 77.8 Å². The highest BCUT2D eigenvalue weighted by atomic mass is 16.2. The van der Waals surface area contributed by atoms with Gasteiger partial charge in [0.15, 0.2) is 0 Å². The van der Waals surface area contributed by atoms with Crippen LogP contribution >= 0.6 is 0 Å². The third kappa shape index (κ3) is 2.26. The number of hydrogen-bond donors (Lipinski definition) is 2. The fraction of sp³-hybridized carbons (Fsp3) is 0.500. The molecule has 1 amide bonds. The summed E-state index contributed by atoms with van der Waals surface area (Å²) in [6.07, 6.45) is 4.81. The first-order chi connectivity index (χ1) is 9.28. The lowest BCUT2D eigenvalue weighted by Crippen LogP contribution is -2.44. The molecule has 1 unspecified atom stereocenters. The van der Waals surface area contributed by atoms with E-state index in [1.807, 2.05) is 6.07 Å². The van der Waals surface area contributed by atoms with Gasteiger partial charge in [0, 0.05) is 12.2 Å². The Hall–Kier alpha value is -2.09. The Morgan fingerprint density at radius 3 is 3.11 bits per heavy atom. The van der Waals surface area contributed by atoms with Crippen molar-refractivity contribution in [1.82, 2.24) is 10.3 Å². The number of rotatable bonds is 2. The summed E-state index contributed by atoms with van der Waals surface area (Å²) >= 11 is 0. The number of nitrogens with one attached hydrogen (secondary N) is 2. The smallest absolute Gasteiger partial charge is 0.242 e. The second-order valence-electron chi connectivity index (χ2n) is 5.09. The Bertz CT molecular complexity index is 561. The normalized spacial score (nSPS) is 21.4. The number of hydrogen-bond acceptors (Lipinski definition) is 4. The molecule has 0 spiro atoms.